The SMILES string of the molecule is COc1ccc(C(=O)OCc2csc(COc3ccc(F)cc3)n2)cn1. The number of rotatable bonds is 7. The van der Waals surface area contributed by atoms with Gasteiger partial charge < -0.3 is 14.2 Å². The number of carbonyl (C=O) groups is 1. The lowest BCUT2D eigenvalue weighted by atomic mass is 10.3. The summed E-state index contributed by atoms with van der Waals surface area (Å²) in [6.45, 7) is 0.310. The van der Waals surface area contributed by atoms with E-state index in [0.29, 0.717) is 22.9 Å². The first-order valence-corrected chi connectivity index (χ1v) is 8.51. The molecule has 0 aliphatic heterocycles. The Morgan fingerprint density at radius 1 is 1.15 bits per heavy atom. The number of thiazole rings is 1. The van der Waals surface area contributed by atoms with Crippen molar-refractivity contribution < 1.29 is 23.4 Å². The number of aromatic nitrogens is 2. The molecule has 2 heterocycles. The van der Waals surface area contributed by atoms with Crippen molar-refractivity contribution in [1.82, 2.24) is 9.97 Å². The number of halogens is 1. The lowest BCUT2D eigenvalue weighted by molar-refractivity contribution is 0.0467. The smallest absolute Gasteiger partial charge is 0.340 e. The van der Waals surface area contributed by atoms with Gasteiger partial charge in [0, 0.05) is 17.6 Å². The molecular weight excluding hydrogens is 359 g/mol. The van der Waals surface area contributed by atoms with E-state index in [1.54, 1.807) is 29.6 Å². The Labute approximate surface area is 153 Å². The first-order valence-electron chi connectivity index (χ1n) is 7.63. The third-order valence-corrected chi connectivity index (χ3v) is 4.18. The van der Waals surface area contributed by atoms with E-state index in [1.165, 1.54) is 36.8 Å². The second-order valence-electron chi connectivity index (χ2n) is 5.14. The normalized spacial score (nSPS) is 10.4. The predicted molar refractivity (Wildman–Crippen MR) is 92.8 cm³/mol. The van der Waals surface area contributed by atoms with Gasteiger partial charge in [-0.1, -0.05) is 0 Å². The second kappa shape index (κ2) is 8.39. The Morgan fingerprint density at radius 2 is 1.96 bits per heavy atom. The van der Waals surface area contributed by atoms with Crippen molar-refractivity contribution in [2.75, 3.05) is 7.11 Å². The maximum atomic E-state index is 12.8. The summed E-state index contributed by atoms with van der Waals surface area (Å²) >= 11 is 1.39. The van der Waals surface area contributed by atoms with Gasteiger partial charge in [-0.05, 0) is 30.3 Å². The van der Waals surface area contributed by atoms with E-state index >= 15 is 0 Å². The largest absolute Gasteiger partial charge is 0.486 e. The van der Waals surface area contributed by atoms with Crippen LogP contribution in [0.15, 0.2) is 48.0 Å². The van der Waals surface area contributed by atoms with Crippen LogP contribution >= 0.6 is 11.3 Å². The van der Waals surface area contributed by atoms with E-state index in [4.69, 9.17) is 14.2 Å². The topological polar surface area (TPSA) is 70.5 Å². The minimum absolute atomic E-state index is 0.0535. The molecule has 3 aromatic rings. The van der Waals surface area contributed by atoms with Crippen LogP contribution < -0.4 is 9.47 Å². The fourth-order valence-corrected chi connectivity index (χ4v) is 2.69. The van der Waals surface area contributed by atoms with Gasteiger partial charge >= 0.3 is 5.97 Å². The van der Waals surface area contributed by atoms with Gasteiger partial charge in [-0.15, -0.1) is 11.3 Å². The maximum Gasteiger partial charge on any atom is 0.340 e. The molecule has 134 valence electrons. The Bertz CT molecular complexity index is 866. The predicted octanol–water partition coefficient (Wildman–Crippen LogP) is 3.62. The highest BCUT2D eigenvalue weighted by Crippen LogP contribution is 2.17. The maximum absolute atomic E-state index is 12.8. The van der Waals surface area contributed by atoms with Crippen molar-refractivity contribution in [3.63, 3.8) is 0 Å². The van der Waals surface area contributed by atoms with Crippen molar-refractivity contribution in [2.24, 2.45) is 0 Å². The van der Waals surface area contributed by atoms with Crippen LogP contribution in [0.4, 0.5) is 4.39 Å². The molecule has 0 aliphatic rings. The molecule has 0 N–H and O–H groups in total. The van der Waals surface area contributed by atoms with Crippen LogP contribution in [-0.4, -0.2) is 23.0 Å². The number of methoxy groups -OCH3 is 1. The van der Waals surface area contributed by atoms with E-state index in [9.17, 15) is 9.18 Å². The second-order valence-corrected chi connectivity index (χ2v) is 6.08. The van der Waals surface area contributed by atoms with Gasteiger partial charge in [0.1, 0.15) is 29.8 Å². The number of nitrogens with zero attached hydrogens (tertiary/aromatic N) is 2. The summed E-state index contributed by atoms with van der Waals surface area (Å²) in [5.74, 6) is 0.174. The van der Waals surface area contributed by atoms with Gasteiger partial charge in [-0.2, -0.15) is 0 Å². The van der Waals surface area contributed by atoms with E-state index < -0.39 is 5.97 Å². The Balaban J connectivity index is 1.49. The molecule has 0 spiro atoms. The zero-order valence-electron chi connectivity index (χ0n) is 13.8. The highest BCUT2D eigenvalue weighted by molar-refractivity contribution is 7.09. The Kier molecular flexibility index (Phi) is 5.75. The van der Waals surface area contributed by atoms with E-state index in [-0.39, 0.29) is 19.0 Å². The number of hydrogen-bond acceptors (Lipinski definition) is 7. The molecule has 8 heteroatoms. The van der Waals surface area contributed by atoms with Crippen LogP contribution in [-0.2, 0) is 18.0 Å². The molecule has 26 heavy (non-hydrogen) atoms. The average molecular weight is 374 g/mol. The average Bonchev–Trinajstić information content (AvgIpc) is 3.13. The van der Waals surface area contributed by atoms with Crippen LogP contribution in [0.25, 0.3) is 0 Å². The molecule has 0 saturated heterocycles. The Morgan fingerprint density at radius 3 is 2.65 bits per heavy atom. The van der Waals surface area contributed by atoms with Gasteiger partial charge in [0.15, 0.2) is 0 Å². The highest BCUT2D eigenvalue weighted by atomic mass is 32.1. The number of carbonyl (C=O) groups excluding carboxylic acids is 1. The van der Waals surface area contributed by atoms with Gasteiger partial charge in [0.2, 0.25) is 5.88 Å². The molecule has 0 unspecified atom stereocenters. The first-order chi connectivity index (χ1) is 12.6. The number of benzene rings is 1. The zero-order valence-corrected chi connectivity index (χ0v) is 14.7. The van der Waals surface area contributed by atoms with Crippen molar-refractivity contribution in [3.05, 3.63) is 70.1 Å². The monoisotopic (exact) mass is 374 g/mol. The van der Waals surface area contributed by atoms with E-state index in [1.807, 2.05) is 0 Å². The van der Waals surface area contributed by atoms with Crippen LogP contribution in [0, 0.1) is 5.82 Å². The van der Waals surface area contributed by atoms with Crippen LogP contribution in [0.2, 0.25) is 0 Å². The van der Waals surface area contributed by atoms with Crippen LogP contribution in [0.3, 0.4) is 0 Å². The fraction of sp³-hybridized carbons (Fsp3) is 0.167. The molecule has 0 atom stereocenters. The minimum atomic E-state index is -0.489. The van der Waals surface area contributed by atoms with Crippen molar-refractivity contribution in [1.29, 1.82) is 0 Å². The van der Waals surface area contributed by atoms with Crippen molar-refractivity contribution in [2.45, 2.75) is 13.2 Å². The summed E-state index contributed by atoms with van der Waals surface area (Å²) in [6.07, 6.45) is 1.39. The Hall–Kier alpha value is -3.00. The summed E-state index contributed by atoms with van der Waals surface area (Å²) in [5.41, 5.74) is 0.962. The summed E-state index contributed by atoms with van der Waals surface area (Å²) in [6, 6.07) is 8.93. The first kappa shape index (κ1) is 17.8. The summed E-state index contributed by atoms with van der Waals surface area (Å²) < 4.78 is 28.5. The molecule has 0 fully saturated rings. The van der Waals surface area contributed by atoms with Crippen molar-refractivity contribution in [3.8, 4) is 11.6 Å². The van der Waals surface area contributed by atoms with Crippen LogP contribution in [0.1, 0.15) is 21.1 Å². The minimum Gasteiger partial charge on any atom is -0.486 e. The zero-order chi connectivity index (χ0) is 18.4. The number of pyridine rings is 1. The van der Waals surface area contributed by atoms with Gasteiger partial charge in [0.25, 0.3) is 0 Å². The molecule has 6 nitrogen and oxygen atoms in total. The number of ether oxygens (including phenoxy) is 3. The molecule has 0 bridgehead atoms. The summed E-state index contributed by atoms with van der Waals surface area (Å²) in [4.78, 5) is 20.3. The molecule has 0 radical (unpaired) electrons. The molecule has 0 saturated carbocycles. The lowest BCUT2D eigenvalue weighted by Crippen LogP contribution is -2.06. The third kappa shape index (κ3) is 4.76. The van der Waals surface area contributed by atoms with Gasteiger partial charge in [0.05, 0.1) is 18.4 Å². The molecule has 0 amide bonds. The third-order valence-electron chi connectivity index (χ3n) is 3.31. The number of hydrogen-bond donors (Lipinski definition) is 0. The summed E-state index contributed by atoms with van der Waals surface area (Å²) in [5, 5.41) is 2.52. The molecule has 3 rings (SSSR count). The highest BCUT2D eigenvalue weighted by Gasteiger charge is 2.10. The standard InChI is InChI=1S/C18H15FN2O4S/c1-23-16-7-2-12(8-20-16)18(22)25-9-14-11-26-17(21-14)10-24-15-5-3-13(19)4-6-15/h2-8,11H,9-10H2,1H3. The molecule has 1 aromatic carbocycles. The lowest BCUT2D eigenvalue weighted by Gasteiger charge is -2.04. The van der Waals surface area contributed by atoms with Crippen LogP contribution in [0.5, 0.6) is 11.6 Å². The van der Waals surface area contributed by atoms with E-state index in [2.05, 4.69) is 9.97 Å². The number of esters is 1. The fourth-order valence-electron chi connectivity index (χ4n) is 2.00. The molecular formula is C18H15FN2O4S. The summed E-state index contributed by atoms with van der Waals surface area (Å²) in [7, 11) is 1.50. The molecule has 0 aliphatic carbocycles. The molecule has 2 aromatic heterocycles. The van der Waals surface area contributed by atoms with Gasteiger partial charge in [-0.3, -0.25) is 0 Å². The quantitative estimate of drug-likeness (QED) is 0.588. The van der Waals surface area contributed by atoms with Crippen molar-refractivity contribution >= 4 is 17.3 Å². The van der Waals surface area contributed by atoms with E-state index in [0.717, 1.165) is 5.01 Å². The van der Waals surface area contributed by atoms with Gasteiger partial charge in [-0.25, -0.2) is 19.2 Å².